The Kier molecular flexibility index (Phi) is 5.41. The molecule has 0 radical (unpaired) electrons. The molecule has 5 heteroatoms. The van der Waals surface area contributed by atoms with Crippen molar-refractivity contribution in [1.29, 1.82) is 0 Å². The number of carbonyl (C=O) groups excluding carboxylic acids is 1. The Morgan fingerprint density at radius 3 is 2.41 bits per heavy atom. The van der Waals surface area contributed by atoms with Crippen LogP contribution in [-0.2, 0) is 16.0 Å². The van der Waals surface area contributed by atoms with Crippen molar-refractivity contribution >= 4 is 11.4 Å². The molecular formula is C24H25FO4. The minimum atomic E-state index is -0.329. The lowest BCUT2D eigenvalue weighted by molar-refractivity contribution is -0.118. The van der Waals surface area contributed by atoms with Gasteiger partial charge in [-0.3, -0.25) is 4.79 Å². The van der Waals surface area contributed by atoms with E-state index in [1.54, 1.807) is 18.2 Å². The predicted molar refractivity (Wildman–Crippen MR) is 109 cm³/mol. The van der Waals surface area contributed by atoms with Gasteiger partial charge in [-0.1, -0.05) is 13.0 Å². The molecule has 0 bridgehead atoms. The van der Waals surface area contributed by atoms with Crippen LogP contribution in [0.4, 0.5) is 4.39 Å². The zero-order valence-corrected chi connectivity index (χ0v) is 16.5. The minimum absolute atomic E-state index is 0.0238. The Bertz CT molecular complexity index is 940. The molecule has 29 heavy (non-hydrogen) atoms. The monoisotopic (exact) mass is 396 g/mol. The van der Waals surface area contributed by atoms with Gasteiger partial charge in [0.05, 0.1) is 5.57 Å². The van der Waals surface area contributed by atoms with E-state index in [4.69, 9.17) is 9.47 Å². The smallest absolute Gasteiger partial charge is 0.167 e. The van der Waals surface area contributed by atoms with Crippen LogP contribution < -0.4 is 4.74 Å². The van der Waals surface area contributed by atoms with E-state index in [0.29, 0.717) is 43.1 Å². The maximum atomic E-state index is 13.1. The summed E-state index contributed by atoms with van der Waals surface area (Å²) in [5.41, 5.74) is 1.92. The van der Waals surface area contributed by atoms with E-state index in [1.807, 2.05) is 19.1 Å². The Morgan fingerprint density at radius 1 is 1.07 bits per heavy atom. The van der Waals surface area contributed by atoms with Gasteiger partial charge in [0, 0.05) is 26.1 Å². The third kappa shape index (κ3) is 4.06. The number of rotatable bonds is 4. The number of benzene rings is 2. The number of aliphatic hydroxyl groups is 1. The van der Waals surface area contributed by atoms with Gasteiger partial charge in [-0.2, -0.15) is 0 Å². The average Bonchev–Trinajstić information content (AvgIpc) is 2.70. The molecule has 1 saturated heterocycles. The largest absolute Gasteiger partial charge is 0.512 e. The van der Waals surface area contributed by atoms with Crippen LogP contribution in [0.3, 0.4) is 0 Å². The number of carbonyl (C=O) groups is 1. The molecule has 4 rings (SSSR count). The first-order chi connectivity index (χ1) is 14.0. The van der Waals surface area contributed by atoms with Crippen molar-refractivity contribution in [2.24, 2.45) is 5.41 Å². The average molecular weight is 396 g/mol. The van der Waals surface area contributed by atoms with Crippen molar-refractivity contribution in [2.45, 2.75) is 39.0 Å². The summed E-state index contributed by atoms with van der Waals surface area (Å²) >= 11 is 0. The summed E-state index contributed by atoms with van der Waals surface area (Å²) in [7, 11) is 0. The molecule has 1 heterocycles. The van der Waals surface area contributed by atoms with Gasteiger partial charge < -0.3 is 14.6 Å². The van der Waals surface area contributed by atoms with Crippen LogP contribution in [0.25, 0.3) is 5.57 Å². The van der Waals surface area contributed by atoms with Crippen LogP contribution in [0, 0.1) is 11.2 Å². The molecule has 0 unspecified atom stereocenters. The number of ketones is 1. The fourth-order valence-corrected chi connectivity index (χ4v) is 4.36. The lowest BCUT2D eigenvalue weighted by atomic mass is 9.67. The molecule has 1 spiro atoms. The van der Waals surface area contributed by atoms with Crippen LogP contribution in [0.5, 0.6) is 11.5 Å². The molecule has 1 N–H and O–H groups in total. The molecule has 2 aromatic rings. The number of allylic oxidation sites excluding steroid dienone is 2. The zero-order chi connectivity index (χ0) is 20.4. The Hall–Kier alpha value is -2.66. The first-order valence-corrected chi connectivity index (χ1v) is 10.1. The highest BCUT2D eigenvalue weighted by Crippen LogP contribution is 2.47. The topological polar surface area (TPSA) is 55.8 Å². The number of Topliss-reactive ketones (excluding diaryl/α,β-unsaturated/α-hetero) is 1. The molecule has 0 aromatic heterocycles. The number of ether oxygens (including phenoxy) is 2. The summed E-state index contributed by atoms with van der Waals surface area (Å²) in [5.74, 6) is 0.865. The van der Waals surface area contributed by atoms with E-state index in [-0.39, 0.29) is 22.8 Å². The van der Waals surface area contributed by atoms with Crippen molar-refractivity contribution < 1.29 is 23.8 Å². The van der Waals surface area contributed by atoms with E-state index in [9.17, 15) is 14.3 Å². The van der Waals surface area contributed by atoms with Crippen LogP contribution >= 0.6 is 0 Å². The first kappa shape index (κ1) is 19.6. The van der Waals surface area contributed by atoms with E-state index >= 15 is 0 Å². The highest BCUT2D eigenvalue weighted by atomic mass is 19.1. The van der Waals surface area contributed by atoms with Gasteiger partial charge in [-0.15, -0.1) is 0 Å². The number of hydrogen-bond donors (Lipinski definition) is 1. The molecule has 1 fully saturated rings. The van der Waals surface area contributed by atoms with Crippen LogP contribution in [0.1, 0.15) is 43.7 Å². The third-order valence-electron chi connectivity index (χ3n) is 5.98. The molecule has 1 aliphatic carbocycles. The molecule has 0 saturated carbocycles. The van der Waals surface area contributed by atoms with Crippen molar-refractivity contribution in [3.63, 3.8) is 0 Å². The second kappa shape index (κ2) is 7.99. The van der Waals surface area contributed by atoms with Crippen molar-refractivity contribution in [1.82, 2.24) is 0 Å². The van der Waals surface area contributed by atoms with Gasteiger partial charge in [0.1, 0.15) is 23.1 Å². The van der Waals surface area contributed by atoms with Gasteiger partial charge in [-0.25, -0.2) is 4.39 Å². The lowest BCUT2D eigenvalue weighted by Gasteiger charge is -2.39. The zero-order valence-electron chi connectivity index (χ0n) is 16.5. The first-order valence-electron chi connectivity index (χ1n) is 10.1. The molecule has 4 nitrogen and oxygen atoms in total. The summed E-state index contributed by atoms with van der Waals surface area (Å²) < 4.78 is 24.4. The molecule has 152 valence electrons. The molecule has 0 atom stereocenters. The summed E-state index contributed by atoms with van der Waals surface area (Å²) in [4.78, 5) is 13.1. The molecule has 1 aliphatic heterocycles. The minimum Gasteiger partial charge on any atom is -0.512 e. The van der Waals surface area contributed by atoms with Gasteiger partial charge in [0.25, 0.3) is 0 Å². The molecule has 2 aliphatic rings. The normalized spacial score (nSPS) is 18.9. The van der Waals surface area contributed by atoms with Gasteiger partial charge in [0.2, 0.25) is 0 Å². The summed E-state index contributed by atoms with van der Waals surface area (Å²) in [6, 6.07) is 11.3. The third-order valence-corrected chi connectivity index (χ3v) is 5.98. The van der Waals surface area contributed by atoms with Gasteiger partial charge >= 0.3 is 0 Å². The SMILES string of the molecule is CCc1ccc(Oc2ccc(F)cc2)cc1C1=C(O)CC2(CCOCC2)CC1=O. The molecule has 0 amide bonds. The standard InChI is InChI=1S/C24H25FO4/c1-2-16-3-6-19(29-18-7-4-17(25)5-8-18)13-20(16)23-21(26)14-24(15-22(23)27)9-11-28-12-10-24/h3-8,13,26H,2,9-12,14-15H2,1H3. The van der Waals surface area contributed by atoms with Gasteiger partial charge in [-0.05, 0) is 72.2 Å². The number of halogens is 1. The quantitative estimate of drug-likeness (QED) is 0.730. The maximum absolute atomic E-state index is 13.1. The van der Waals surface area contributed by atoms with E-state index in [1.165, 1.54) is 12.1 Å². The van der Waals surface area contributed by atoms with Crippen LogP contribution in [0.2, 0.25) is 0 Å². The van der Waals surface area contributed by atoms with E-state index in [0.717, 1.165) is 30.4 Å². The number of aliphatic hydroxyl groups excluding tert-OH is 1. The Balaban J connectivity index is 1.68. The number of aryl methyl sites for hydroxylation is 1. The van der Waals surface area contributed by atoms with Crippen molar-refractivity contribution in [3.8, 4) is 11.5 Å². The maximum Gasteiger partial charge on any atom is 0.167 e. The Morgan fingerprint density at radius 2 is 1.76 bits per heavy atom. The summed E-state index contributed by atoms with van der Waals surface area (Å²) in [6.45, 7) is 3.29. The van der Waals surface area contributed by atoms with Crippen LogP contribution in [-0.4, -0.2) is 24.1 Å². The summed E-state index contributed by atoms with van der Waals surface area (Å²) in [6.07, 6.45) is 3.26. The highest BCUT2D eigenvalue weighted by molar-refractivity contribution is 6.22. The predicted octanol–water partition coefficient (Wildman–Crippen LogP) is 5.61. The fourth-order valence-electron chi connectivity index (χ4n) is 4.36. The highest BCUT2D eigenvalue weighted by Gasteiger charge is 2.41. The molecule has 2 aromatic carbocycles. The Labute approximate surface area is 170 Å². The molecular weight excluding hydrogens is 371 g/mol. The van der Waals surface area contributed by atoms with Crippen molar-refractivity contribution in [3.05, 3.63) is 65.2 Å². The van der Waals surface area contributed by atoms with Gasteiger partial charge in [0.15, 0.2) is 5.78 Å². The second-order valence-corrected chi connectivity index (χ2v) is 7.94. The fraction of sp³-hybridized carbons (Fsp3) is 0.375. The second-order valence-electron chi connectivity index (χ2n) is 7.94. The van der Waals surface area contributed by atoms with E-state index < -0.39 is 0 Å². The lowest BCUT2D eigenvalue weighted by Crippen LogP contribution is -2.36. The van der Waals surface area contributed by atoms with Crippen molar-refractivity contribution in [2.75, 3.05) is 13.2 Å². The summed E-state index contributed by atoms with van der Waals surface area (Å²) in [5, 5.41) is 10.9. The van der Waals surface area contributed by atoms with E-state index in [2.05, 4.69) is 0 Å². The van der Waals surface area contributed by atoms with Crippen LogP contribution in [0.15, 0.2) is 48.2 Å². The number of hydrogen-bond acceptors (Lipinski definition) is 4.